The lowest BCUT2D eigenvalue weighted by Crippen LogP contribution is -2.15. The summed E-state index contributed by atoms with van der Waals surface area (Å²) in [7, 11) is -4.32. The number of benzene rings is 1. The van der Waals surface area contributed by atoms with Crippen molar-refractivity contribution in [3.05, 3.63) is 70.5 Å². The molecule has 0 saturated carbocycles. The van der Waals surface area contributed by atoms with Crippen molar-refractivity contribution in [2.45, 2.75) is 11.2 Å². The van der Waals surface area contributed by atoms with Gasteiger partial charge in [-0.1, -0.05) is 23.2 Å². The van der Waals surface area contributed by atoms with Crippen molar-refractivity contribution in [1.82, 2.24) is 9.55 Å². The SMILES string of the molecule is O=S(=O)(Oc1ccc(Cl)cc1)c1cccn1-c1ncc(C(F)(F)F)cc1Cl. The molecular weight excluding hydrogens is 428 g/mol. The fourth-order valence-electron chi connectivity index (χ4n) is 2.17. The second-order valence-corrected chi connectivity index (χ2v) is 7.57. The summed E-state index contributed by atoms with van der Waals surface area (Å²) in [5.41, 5.74) is -1.05. The molecule has 3 rings (SSSR count). The molecule has 27 heavy (non-hydrogen) atoms. The van der Waals surface area contributed by atoms with Gasteiger partial charge in [-0.3, -0.25) is 4.57 Å². The third-order valence-corrected chi connectivity index (χ3v) is 5.15. The molecule has 11 heteroatoms. The topological polar surface area (TPSA) is 61.2 Å². The van der Waals surface area contributed by atoms with Crippen LogP contribution in [0.15, 0.2) is 59.9 Å². The smallest absolute Gasteiger partial charge is 0.378 e. The Balaban J connectivity index is 1.99. The highest BCUT2D eigenvalue weighted by atomic mass is 35.5. The van der Waals surface area contributed by atoms with Crippen molar-refractivity contribution in [3.63, 3.8) is 0 Å². The molecule has 0 spiro atoms. The highest BCUT2D eigenvalue weighted by molar-refractivity contribution is 7.87. The Bertz CT molecular complexity index is 1080. The van der Waals surface area contributed by atoms with Gasteiger partial charge in [0.25, 0.3) is 0 Å². The summed E-state index contributed by atoms with van der Waals surface area (Å²) >= 11 is 11.6. The Morgan fingerprint density at radius 2 is 1.74 bits per heavy atom. The predicted octanol–water partition coefficient (Wildman–Crippen LogP) is 4.97. The zero-order chi connectivity index (χ0) is 19.8. The molecule has 2 heterocycles. The van der Waals surface area contributed by atoms with E-state index in [0.29, 0.717) is 17.3 Å². The molecule has 5 nitrogen and oxygen atoms in total. The Labute approximate surface area is 162 Å². The molecule has 0 N–H and O–H groups in total. The molecule has 0 bridgehead atoms. The van der Waals surface area contributed by atoms with Crippen LogP contribution in [0.2, 0.25) is 10.0 Å². The lowest BCUT2D eigenvalue weighted by molar-refractivity contribution is -0.137. The molecule has 0 amide bonds. The molecule has 142 valence electrons. The molecule has 2 aromatic heterocycles. The maximum Gasteiger partial charge on any atom is 0.417 e. The van der Waals surface area contributed by atoms with E-state index in [1.165, 1.54) is 42.6 Å². The Morgan fingerprint density at radius 3 is 2.33 bits per heavy atom. The van der Waals surface area contributed by atoms with Crippen LogP contribution in [0.1, 0.15) is 5.56 Å². The first-order valence-electron chi connectivity index (χ1n) is 7.18. The highest BCUT2D eigenvalue weighted by Crippen LogP contribution is 2.33. The van der Waals surface area contributed by atoms with Crippen molar-refractivity contribution in [2.75, 3.05) is 0 Å². The van der Waals surface area contributed by atoms with E-state index in [9.17, 15) is 21.6 Å². The van der Waals surface area contributed by atoms with Crippen LogP contribution >= 0.6 is 23.2 Å². The van der Waals surface area contributed by atoms with E-state index in [-0.39, 0.29) is 21.6 Å². The maximum absolute atomic E-state index is 12.8. The maximum atomic E-state index is 12.8. The van der Waals surface area contributed by atoms with E-state index in [4.69, 9.17) is 27.4 Å². The van der Waals surface area contributed by atoms with Crippen LogP contribution < -0.4 is 4.18 Å². The second-order valence-electron chi connectivity index (χ2n) is 5.23. The molecule has 0 radical (unpaired) electrons. The number of nitrogens with zero attached hydrogens (tertiary/aromatic N) is 2. The van der Waals surface area contributed by atoms with Crippen LogP contribution in [0.25, 0.3) is 5.82 Å². The molecule has 0 saturated heterocycles. The first-order valence-corrected chi connectivity index (χ1v) is 9.35. The van der Waals surface area contributed by atoms with Gasteiger partial charge >= 0.3 is 16.3 Å². The lowest BCUT2D eigenvalue weighted by atomic mass is 10.3. The van der Waals surface area contributed by atoms with Crippen molar-refractivity contribution >= 4 is 33.3 Å². The lowest BCUT2D eigenvalue weighted by Gasteiger charge is -2.13. The van der Waals surface area contributed by atoms with E-state index >= 15 is 0 Å². The van der Waals surface area contributed by atoms with Gasteiger partial charge in [0, 0.05) is 17.4 Å². The van der Waals surface area contributed by atoms with E-state index in [1.54, 1.807) is 0 Å². The Morgan fingerprint density at radius 1 is 1.07 bits per heavy atom. The molecule has 0 aliphatic carbocycles. The number of pyridine rings is 1. The molecule has 3 aromatic rings. The highest BCUT2D eigenvalue weighted by Gasteiger charge is 2.32. The first-order chi connectivity index (χ1) is 12.6. The summed E-state index contributed by atoms with van der Waals surface area (Å²) in [6.45, 7) is 0. The molecule has 1 aromatic carbocycles. The van der Waals surface area contributed by atoms with Gasteiger partial charge in [-0.2, -0.15) is 21.6 Å². The van der Waals surface area contributed by atoms with E-state index < -0.39 is 21.9 Å². The normalized spacial score (nSPS) is 12.2. The third-order valence-electron chi connectivity index (χ3n) is 3.36. The van der Waals surface area contributed by atoms with Crippen molar-refractivity contribution in [1.29, 1.82) is 0 Å². The van der Waals surface area contributed by atoms with Crippen LogP contribution in [0, 0.1) is 0 Å². The van der Waals surface area contributed by atoms with Crippen LogP contribution in [0.5, 0.6) is 5.75 Å². The van der Waals surface area contributed by atoms with Crippen LogP contribution in [0.4, 0.5) is 13.2 Å². The average molecular weight is 437 g/mol. The van der Waals surface area contributed by atoms with E-state index in [1.807, 2.05) is 0 Å². The summed E-state index contributed by atoms with van der Waals surface area (Å²) in [5, 5.41) is -0.334. The van der Waals surface area contributed by atoms with Gasteiger partial charge in [0.15, 0.2) is 10.8 Å². The number of halogens is 5. The Kier molecular flexibility index (Phi) is 5.11. The quantitative estimate of drug-likeness (QED) is 0.541. The monoisotopic (exact) mass is 436 g/mol. The number of hydrogen-bond donors (Lipinski definition) is 0. The van der Waals surface area contributed by atoms with Gasteiger partial charge in [-0.25, -0.2) is 4.98 Å². The largest absolute Gasteiger partial charge is 0.417 e. The summed E-state index contributed by atoms with van der Waals surface area (Å²) in [6.07, 6.45) is -2.77. The van der Waals surface area contributed by atoms with Crippen LogP contribution in [-0.4, -0.2) is 18.0 Å². The summed E-state index contributed by atoms with van der Waals surface area (Å²) < 4.78 is 69.4. The predicted molar refractivity (Wildman–Crippen MR) is 92.8 cm³/mol. The van der Waals surface area contributed by atoms with Gasteiger partial charge < -0.3 is 4.18 Å². The van der Waals surface area contributed by atoms with Crippen LogP contribution in [-0.2, 0) is 16.3 Å². The molecule has 0 aliphatic rings. The number of rotatable bonds is 4. The molecular formula is C16H9Cl2F3N2O3S. The minimum atomic E-state index is -4.63. The Hall–Kier alpha value is -2.23. The van der Waals surface area contributed by atoms with Gasteiger partial charge in [-0.05, 0) is 42.5 Å². The third kappa shape index (κ3) is 4.20. The zero-order valence-corrected chi connectivity index (χ0v) is 15.4. The van der Waals surface area contributed by atoms with Crippen LogP contribution in [0.3, 0.4) is 0 Å². The average Bonchev–Trinajstić information content (AvgIpc) is 3.06. The molecule has 0 fully saturated rings. The molecule has 0 aliphatic heterocycles. The van der Waals surface area contributed by atoms with Crippen molar-refractivity contribution in [2.24, 2.45) is 0 Å². The van der Waals surface area contributed by atoms with Gasteiger partial charge in [0.1, 0.15) is 5.75 Å². The summed E-state index contributed by atoms with van der Waals surface area (Å²) in [5.74, 6) is -0.174. The standard InChI is InChI=1S/C16H9Cl2F3N2O3S/c17-11-3-5-12(6-4-11)26-27(24,25)14-2-1-7-23(14)15-13(18)8-10(9-22-15)16(19,20)21/h1-9H. The van der Waals surface area contributed by atoms with Gasteiger partial charge in [0.2, 0.25) is 0 Å². The van der Waals surface area contributed by atoms with Crippen molar-refractivity contribution < 1.29 is 25.8 Å². The molecule has 0 atom stereocenters. The van der Waals surface area contributed by atoms with Gasteiger partial charge in [-0.15, -0.1) is 0 Å². The zero-order valence-electron chi connectivity index (χ0n) is 13.1. The fraction of sp³-hybridized carbons (Fsp3) is 0.0625. The molecule has 0 unspecified atom stereocenters. The van der Waals surface area contributed by atoms with Crippen molar-refractivity contribution in [3.8, 4) is 11.6 Å². The fourth-order valence-corrected chi connectivity index (χ4v) is 3.63. The summed E-state index contributed by atoms with van der Waals surface area (Å²) in [4.78, 5) is 3.65. The number of aromatic nitrogens is 2. The van der Waals surface area contributed by atoms with E-state index in [0.717, 1.165) is 4.57 Å². The minimum absolute atomic E-state index is 0.0126. The number of alkyl halides is 3. The van der Waals surface area contributed by atoms with Gasteiger partial charge in [0.05, 0.1) is 10.6 Å². The minimum Gasteiger partial charge on any atom is -0.378 e. The second kappa shape index (κ2) is 7.06. The van der Waals surface area contributed by atoms with E-state index in [2.05, 4.69) is 4.98 Å². The summed E-state index contributed by atoms with van der Waals surface area (Å²) in [6, 6.07) is 8.85. The number of hydrogen-bond acceptors (Lipinski definition) is 4. The first kappa shape index (κ1) is 19.5.